The standard InChI is InChI=1S/C19H31NO2/c1-22-11-9-15-5-6-17-13-18(8-7-16(17)12-15)19(14-20)4-2-3-10-21/h7-8,13,15,19,21H,2-6,9-12,14,20H2,1H3/t15?,19-/m0/s1. The molecule has 0 saturated heterocycles. The molecular weight excluding hydrogens is 274 g/mol. The predicted molar refractivity (Wildman–Crippen MR) is 91.2 cm³/mol. The Kier molecular flexibility index (Phi) is 7.37. The second-order valence-corrected chi connectivity index (χ2v) is 6.57. The number of benzene rings is 1. The zero-order valence-corrected chi connectivity index (χ0v) is 13.9. The highest BCUT2D eigenvalue weighted by Gasteiger charge is 2.20. The van der Waals surface area contributed by atoms with Crippen molar-refractivity contribution in [1.82, 2.24) is 0 Å². The van der Waals surface area contributed by atoms with Crippen molar-refractivity contribution < 1.29 is 9.84 Å². The largest absolute Gasteiger partial charge is 0.396 e. The third-order valence-corrected chi connectivity index (χ3v) is 5.01. The molecule has 1 unspecified atom stereocenters. The van der Waals surface area contributed by atoms with Gasteiger partial charge >= 0.3 is 0 Å². The molecular formula is C19H31NO2. The molecule has 1 aliphatic rings. The Hall–Kier alpha value is -0.900. The fourth-order valence-corrected chi connectivity index (χ4v) is 3.56. The summed E-state index contributed by atoms with van der Waals surface area (Å²) in [6.45, 7) is 1.85. The summed E-state index contributed by atoms with van der Waals surface area (Å²) in [4.78, 5) is 0. The van der Waals surface area contributed by atoms with E-state index in [0.29, 0.717) is 12.5 Å². The Morgan fingerprint density at radius 2 is 2.18 bits per heavy atom. The molecule has 124 valence electrons. The van der Waals surface area contributed by atoms with Crippen molar-refractivity contribution in [2.45, 2.75) is 50.9 Å². The van der Waals surface area contributed by atoms with E-state index in [1.54, 1.807) is 7.11 Å². The normalized spacial score (nSPS) is 19.0. The van der Waals surface area contributed by atoms with Gasteiger partial charge < -0.3 is 15.6 Å². The first kappa shape index (κ1) is 17.5. The lowest BCUT2D eigenvalue weighted by Gasteiger charge is -2.26. The topological polar surface area (TPSA) is 55.5 Å². The molecule has 1 aromatic carbocycles. The van der Waals surface area contributed by atoms with E-state index in [0.717, 1.165) is 31.8 Å². The monoisotopic (exact) mass is 305 g/mol. The van der Waals surface area contributed by atoms with Crippen LogP contribution in [-0.2, 0) is 17.6 Å². The molecule has 0 amide bonds. The average molecular weight is 305 g/mol. The van der Waals surface area contributed by atoms with Crippen molar-refractivity contribution in [3.8, 4) is 0 Å². The van der Waals surface area contributed by atoms with Gasteiger partial charge in [-0.05, 0) is 73.6 Å². The Morgan fingerprint density at radius 1 is 1.32 bits per heavy atom. The number of methoxy groups -OCH3 is 1. The molecule has 3 heteroatoms. The van der Waals surface area contributed by atoms with E-state index in [9.17, 15) is 0 Å². The first-order valence-corrected chi connectivity index (χ1v) is 8.70. The second kappa shape index (κ2) is 9.29. The van der Waals surface area contributed by atoms with Crippen LogP contribution in [0.15, 0.2) is 18.2 Å². The number of aryl methyl sites for hydroxylation is 1. The molecule has 3 N–H and O–H groups in total. The van der Waals surface area contributed by atoms with Crippen LogP contribution >= 0.6 is 0 Å². The number of nitrogens with two attached hydrogens (primary N) is 1. The SMILES string of the molecule is COCCC1CCc2cc([C@H](CN)CCCCO)ccc2C1. The van der Waals surface area contributed by atoms with Crippen LogP contribution in [0.3, 0.4) is 0 Å². The molecule has 0 aliphatic heterocycles. The molecule has 1 aromatic rings. The number of unbranched alkanes of at least 4 members (excludes halogenated alkanes) is 1. The van der Waals surface area contributed by atoms with Crippen molar-refractivity contribution in [1.29, 1.82) is 0 Å². The van der Waals surface area contributed by atoms with Gasteiger partial charge in [-0.2, -0.15) is 0 Å². The summed E-state index contributed by atoms with van der Waals surface area (Å²) in [5.41, 5.74) is 10.4. The summed E-state index contributed by atoms with van der Waals surface area (Å²) in [7, 11) is 1.78. The first-order valence-electron chi connectivity index (χ1n) is 8.70. The second-order valence-electron chi connectivity index (χ2n) is 6.57. The van der Waals surface area contributed by atoms with Crippen molar-refractivity contribution in [2.75, 3.05) is 26.9 Å². The molecule has 2 rings (SSSR count). The predicted octanol–water partition coefficient (Wildman–Crippen LogP) is 3.03. The highest BCUT2D eigenvalue weighted by Crippen LogP contribution is 2.31. The summed E-state index contributed by atoms with van der Waals surface area (Å²) in [6.07, 6.45) is 7.83. The number of aliphatic hydroxyl groups excluding tert-OH is 1. The van der Waals surface area contributed by atoms with Crippen LogP contribution < -0.4 is 5.73 Å². The smallest absolute Gasteiger partial charge is 0.0465 e. The van der Waals surface area contributed by atoms with Gasteiger partial charge in [-0.25, -0.2) is 0 Å². The van der Waals surface area contributed by atoms with Crippen molar-refractivity contribution in [3.05, 3.63) is 34.9 Å². The molecule has 1 aliphatic carbocycles. The van der Waals surface area contributed by atoms with E-state index >= 15 is 0 Å². The summed E-state index contributed by atoms with van der Waals surface area (Å²) in [5.74, 6) is 1.20. The summed E-state index contributed by atoms with van der Waals surface area (Å²) in [6, 6.07) is 6.98. The zero-order valence-electron chi connectivity index (χ0n) is 13.9. The summed E-state index contributed by atoms with van der Waals surface area (Å²) in [5, 5.41) is 8.93. The third kappa shape index (κ3) is 4.80. The van der Waals surface area contributed by atoms with Gasteiger partial charge in [-0.1, -0.05) is 24.6 Å². The van der Waals surface area contributed by atoms with Crippen molar-refractivity contribution in [3.63, 3.8) is 0 Å². The van der Waals surface area contributed by atoms with Crippen LogP contribution in [0.25, 0.3) is 0 Å². The van der Waals surface area contributed by atoms with Crippen LogP contribution in [-0.4, -0.2) is 32.0 Å². The number of hydrogen-bond donors (Lipinski definition) is 2. The molecule has 3 nitrogen and oxygen atoms in total. The van der Waals surface area contributed by atoms with E-state index < -0.39 is 0 Å². The highest BCUT2D eigenvalue weighted by atomic mass is 16.5. The molecule has 0 heterocycles. The molecule has 0 saturated carbocycles. The van der Waals surface area contributed by atoms with Gasteiger partial charge in [-0.3, -0.25) is 0 Å². The molecule has 0 bridgehead atoms. The number of ether oxygens (including phenoxy) is 1. The number of aliphatic hydroxyl groups is 1. The Bertz CT molecular complexity index is 447. The minimum Gasteiger partial charge on any atom is -0.396 e. The fourth-order valence-electron chi connectivity index (χ4n) is 3.56. The van der Waals surface area contributed by atoms with Gasteiger partial charge in [0.1, 0.15) is 0 Å². The van der Waals surface area contributed by atoms with Gasteiger partial charge in [0.15, 0.2) is 0 Å². The maximum Gasteiger partial charge on any atom is 0.0465 e. The number of rotatable bonds is 9. The van der Waals surface area contributed by atoms with Crippen LogP contribution in [0, 0.1) is 5.92 Å². The number of hydrogen-bond acceptors (Lipinski definition) is 3. The quantitative estimate of drug-likeness (QED) is 0.690. The molecule has 22 heavy (non-hydrogen) atoms. The summed E-state index contributed by atoms with van der Waals surface area (Å²) < 4.78 is 5.21. The van der Waals surface area contributed by atoms with Crippen molar-refractivity contribution >= 4 is 0 Å². The summed E-state index contributed by atoms with van der Waals surface area (Å²) >= 11 is 0. The van der Waals surface area contributed by atoms with Gasteiger partial charge in [0.05, 0.1) is 0 Å². The molecule has 0 fully saturated rings. The first-order chi connectivity index (χ1) is 10.8. The van der Waals surface area contributed by atoms with E-state index in [1.807, 2.05) is 0 Å². The number of fused-ring (bicyclic) bond motifs is 1. The zero-order chi connectivity index (χ0) is 15.8. The molecule has 0 aromatic heterocycles. The van der Waals surface area contributed by atoms with Crippen LogP contribution in [0.4, 0.5) is 0 Å². The van der Waals surface area contributed by atoms with E-state index in [4.69, 9.17) is 15.6 Å². The Morgan fingerprint density at radius 3 is 2.91 bits per heavy atom. The molecule has 0 radical (unpaired) electrons. The maximum atomic E-state index is 8.93. The van der Waals surface area contributed by atoms with Gasteiger partial charge in [0.25, 0.3) is 0 Å². The Labute approximate surface area is 134 Å². The Balaban J connectivity index is 1.99. The lowest BCUT2D eigenvalue weighted by molar-refractivity contribution is 0.173. The van der Waals surface area contributed by atoms with E-state index in [1.165, 1.54) is 42.4 Å². The van der Waals surface area contributed by atoms with Gasteiger partial charge in [0.2, 0.25) is 0 Å². The lowest BCUT2D eigenvalue weighted by Crippen LogP contribution is -2.18. The van der Waals surface area contributed by atoms with E-state index in [-0.39, 0.29) is 6.61 Å². The average Bonchev–Trinajstić information content (AvgIpc) is 2.56. The van der Waals surface area contributed by atoms with E-state index in [2.05, 4.69) is 18.2 Å². The van der Waals surface area contributed by atoms with Crippen molar-refractivity contribution in [2.24, 2.45) is 11.7 Å². The minimum atomic E-state index is 0.282. The minimum absolute atomic E-state index is 0.282. The van der Waals surface area contributed by atoms with Gasteiger partial charge in [-0.15, -0.1) is 0 Å². The highest BCUT2D eigenvalue weighted by molar-refractivity contribution is 5.36. The maximum absolute atomic E-state index is 8.93. The van der Waals surface area contributed by atoms with Gasteiger partial charge in [0, 0.05) is 20.3 Å². The van der Waals surface area contributed by atoms with Crippen LogP contribution in [0.2, 0.25) is 0 Å². The molecule has 0 spiro atoms. The molecule has 2 atom stereocenters. The lowest BCUT2D eigenvalue weighted by atomic mass is 9.80. The van der Waals surface area contributed by atoms with Crippen LogP contribution in [0.1, 0.15) is 54.7 Å². The van der Waals surface area contributed by atoms with Crippen LogP contribution in [0.5, 0.6) is 0 Å². The third-order valence-electron chi connectivity index (χ3n) is 5.01. The fraction of sp³-hybridized carbons (Fsp3) is 0.684.